The molecule has 21 nitrogen and oxygen atoms in total. The smallest absolute Gasteiger partial charge is 0.313 e. The molecule has 0 unspecified atom stereocenters. The number of esters is 1. The minimum Gasteiger partial charge on any atom is -0.506 e. The fraction of sp³-hybridized carbons (Fsp3) is 0.592. The van der Waals surface area contributed by atoms with E-state index in [1.165, 1.54) is 24.3 Å². The van der Waals surface area contributed by atoms with Crippen molar-refractivity contribution in [2.24, 2.45) is 17.8 Å². The molecule has 2 aromatic rings. The molecule has 1 aromatic heterocycles. The van der Waals surface area contributed by atoms with Crippen LogP contribution in [0, 0.1) is 42.4 Å². The third-order valence-corrected chi connectivity index (χ3v) is 14.8. The fourth-order valence-electron chi connectivity index (χ4n) is 8.23. The van der Waals surface area contributed by atoms with Crippen molar-refractivity contribution in [2.45, 2.75) is 130 Å². The molecular weight excluding hydrogens is 968 g/mol. The van der Waals surface area contributed by atoms with Crippen molar-refractivity contribution < 1.29 is 52.7 Å². The number of terminal acetylenes is 2. The highest BCUT2D eigenvalue weighted by Gasteiger charge is 2.38. The number of hydrazine groups is 2. The molecule has 3 rings (SSSR count). The summed E-state index contributed by atoms with van der Waals surface area (Å²) in [5, 5.41) is 25.2. The van der Waals surface area contributed by atoms with E-state index in [1.807, 2.05) is 52.5 Å². The first-order chi connectivity index (χ1) is 34.1. The van der Waals surface area contributed by atoms with Gasteiger partial charge in [0, 0.05) is 56.7 Å². The molecule has 1 aliphatic heterocycles. The Balaban J connectivity index is 1.64. The summed E-state index contributed by atoms with van der Waals surface area (Å²) >= 11 is 1.18. The molecule has 1 aromatic carbocycles. The lowest BCUT2D eigenvalue weighted by Gasteiger charge is -2.37. The Labute approximate surface area is 427 Å². The third-order valence-electron chi connectivity index (χ3n) is 12.4. The Morgan fingerprint density at radius 3 is 2.31 bits per heavy atom. The lowest BCUT2D eigenvalue weighted by Crippen LogP contribution is -2.48. The van der Waals surface area contributed by atoms with Crippen LogP contribution in [-0.4, -0.2) is 120 Å². The Bertz CT molecular complexity index is 2280. The van der Waals surface area contributed by atoms with Crippen molar-refractivity contribution in [1.82, 2.24) is 46.4 Å². The van der Waals surface area contributed by atoms with Crippen LogP contribution in [0.3, 0.4) is 0 Å². The summed E-state index contributed by atoms with van der Waals surface area (Å²) in [5.41, 5.74) is 4.99. The SMILES string of the molecule is C#CC(=O)NNP(=O)(NCCOCCC(=O)Nc1cc(C[C@@H](CCC)NC(=O)c2csc([C@@H](C[C@H](C(C)C)N(C)C(=O)[C@@H](CC(=O)[C@H]3CCCCN3C)[C@@H](C)CC)OC(C)=O)n2)ccc1O)NNC(=O)C#C. The molecule has 72 heavy (non-hydrogen) atoms. The molecular formula is C49H73N10O11PS. The number of hydrogen-bond donors (Lipinski definition) is 8. The monoisotopic (exact) mass is 1040 g/mol. The van der Waals surface area contributed by atoms with E-state index >= 15 is 0 Å². The van der Waals surface area contributed by atoms with E-state index in [9.17, 15) is 43.2 Å². The number of rotatable bonds is 30. The lowest BCUT2D eigenvalue weighted by molar-refractivity contribution is -0.149. The van der Waals surface area contributed by atoms with Gasteiger partial charge in [-0.05, 0) is 80.6 Å². The number of thiazole rings is 1. The molecule has 23 heteroatoms. The number of ketones is 1. The standard InChI is InChI=1S/C49H73N10O11PS/c1-11-17-35(26-34-19-20-41(61)37(27-34)52-46(65)21-24-69-25-22-50-71(68,56-54-44(63)13-3)57-55-45(64)14-4)51-47(66)38-30-72-48(53-38)43(70-33(8)60)29-40(31(5)6)59(10)49(67)36(32(7)12-2)28-42(62)39-18-15-16-23-58(39)9/h3-4,19-20,27,30-32,35-36,39-40,43,61H,11-12,15-18,21-26,28-29H2,1-2,5-10H3,(H,51,66)(H,52,65)(H,54,63)(H,55,64)(H3,50,56,57,68)/t32-,35+,36-,39+,40+,43+/m0/s1. The maximum atomic E-state index is 14.4. The highest BCUT2D eigenvalue weighted by atomic mass is 32.1. The van der Waals surface area contributed by atoms with Gasteiger partial charge in [0.25, 0.3) is 5.91 Å². The van der Waals surface area contributed by atoms with E-state index in [-0.39, 0.29) is 91.8 Å². The van der Waals surface area contributed by atoms with Gasteiger partial charge >= 0.3 is 25.4 Å². The second-order valence-electron chi connectivity index (χ2n) is 18.2. The van der Waals surface area contributed by atoms with Gasteiger partial charge in [0.15, 0.2) is 11.9 Å². The van der Waals surface area contributed by atoms with E-state index in [4.69, 9.17) is 22.3 Å². The number of benzene rings is 1. The molecule has 1 fully saturated rings. The number of ether oxygens (including phenoxy) is 2. The van der Waals surface area contributed by atoms with Crippen LogP contribution in [0.4, 0.5) is 5.69 Å². The summed E-state index contributed by atoms with van der Waals surface area (Å²) in [7, 11) is -0.189. The molecule has 2 heterocycles. The largest absolute Gasteiger partial charge is 0.506 e. The predicted molar refractivity (Wildman–Crippen MR) is 273 cm³/mol. The maximum absolute atomic E-state index is 14.4. The number of nitrogens with zero attached hydrogens (tertiary/aromatic N) is 3. The number of hydrogen-bond acceptors (Lipinski definition) is 14. The summed E-state index contributed by atoms with van der Waals surface area (Å²) in [4.78, 5) is 98.4. The van der Waals surface area contributed by atoms with Crippen molar-refractivity contribution in [3.63, 3.8) is 0 Å². The van der Waals surface area contributed by atoms with E-state index < -0.39 is 55.3 Å². The van der Waals surface area contributed by atoms with E-state index in [0.29, 0.717) is 23.4 Å². The van der Waals surface area contributed by atoms with Crippen molar-refractivity contribution in [1.29, 1.82) is 0 Å². The van der Waals surface area contributed by atoms with Gasteiger partial charge in [-0.1, -0.05) is 59.9 Å². The zero-order valence-corrected chi connectivity index (χ0v) is 44.3. The van der Waals surface area contributed by atoms with Crippen LogP contribution < -0.4 is 37.0 Å². The average molecular weight is 1040 g/mol. The first kappa shape index (κ1) is 60.6. The van der Waals surface area contributed by atoms with Crippen LogP contribution in [0.5, 0.6) is 5.75 Å². The molecule has 1 saturated heterocycles. The number of nitrogens with one attached hydrogen (secondary N) is 7. The highest BCUT2D eigenvalue weighted by Crippen LogP contribution is 2.33. The second-order valence-corrected chi connectivity index (χ2v) is 21.1. The number of Topliss-reactive ketones (excluding diaryl/α,β-unsaturated/α-hetero) is 1. The van der Waals surface area contributed by atoms with E-state index in [0.717, 1.165) is 38.6 Å². The Hall–Kier alpha value is -5.71. The van der Waals surface area contributed by atoms with Gasteiger partial charge in [0.1, 0.15) is 16.5 Å². The fourth-order valence-corrected chi connectivity index (χ4v) is 10.2. The molecule has 0 spiro atoms. The van der Waals surface area contributed by atoms with Crippen LogP contribution in [0.25, 0.3) is 0 Å². The van der Waals surface area contributed by atoms with Crippen LogP contribution >= 0.6 is 18.9 Å². The highest BCUT2D eigenvalue weighted by molar-refractivity contribution is 7.57. The normalized spacial score (nSPS) is 15.9. The van der Waals surface area contributed by atoms with E-state index in [1.54, 1.807) is 41.3 Å². The van der Waals surface area contributed by atoms with Gasteiger partial charge in [-0.15, -0.1) is 24.2 Å². The number of aromatic hydroxyl groups is 1. The number of likely N-dealkylation sites (tertiary alicyclic amines) is 1. The Kier molecular flexibility index (Phi) is 25.5. The number of phenolic OH excluding ortho intramolecular Hbond substituents is 1. The maximum Gasteiger partial charge on any atom is 0.313 e. The third kappa shape index (κ3) is 19.7. The van der Waals surface area contributed by atoms with Crippen LogP contribution in [-0.2, 0) is 49.2 Å². The first-order valence-corrected chi connectivity index (χ1v) is 26.8. The van der Waals surface area contributed by atoms with Crippen LogP contribution in [0.15, 0.2) is 23.6 Å². The second kappa shape index (κ2) is 30.4. The quantitative estimate of drug-likeness (QED) is 0.0136. The Morgan fingerprint density at radius 2 is 1.71 bits per heavy atom. The van der Waals surface area contributed by atoms with Gasteiger partial charge in [0.05, 0.1) is 31.4 Å². The topological polar surface area (TPSA) is 279 Å². The number of anilines is 1. The number of amides is 5. The summed E-state index contributed by atoms with van der Waals surface area (Å²) in [6, 6.07) is 3.77. The van der Waals surface area contributed by atoms with Crippen molar-refractivity contribution in [2.75, 3.05) is 45.7 Å². The molecule has 396 valence electrons. The number of likely N-dealkylation sites (N-methyl/N-ethyl adjacent to an activating group) is 1. The van der Waals surface area contributed by atoms with Gasteiger partial charge < -0.3 is 30.1 Å². The van der Waals surface area contributed by atoms with Crippen LogP contribution in [0.1, 0.15) is 126 Å². The molecule has 5 amide bonds. The van der Waals surface area contributed by atoms with Gasteiger partial charge in [0.2, 0.25) is 11.8 Å². The average Bonchev–Trinajstić information content (AvgIpc) is 3.85. The zero-order valence-electron chi connectivity index (χ0n) is 42.6. The minimum absolute atomic E-state index is 0.0364. The van der Waals surface area contributed by atoms with Crippen molar-refractivity contribution in [3.05, 3.63) is 39.8 Å². The van der Waals surface area contributed by atoms with Crippen LogP contribution in [0.2, 0.25) is 0 Å². The van der Waals surface area contributed by atoms with Crippen molar-refractivity contribution >= 4 is 65.9 Å². The minimum atomic E-state index is -3.90. The van der Waals surface area contributed by atoms with Crippen molar-refractivity contribution in [3.8, 4) is 30.4 Å². The molecule has 0 radical (unpaired) electrons. The lowest BCUT2D eigenvalue weighted by atomic mass is 9.83. The summed E-state index contributed by atoms with van der Waals surface area (Å²) in [6.07, 6.45) is 14.6. The molecule has 0 bridgehead atoms. The number of carbonyl (C=O) groups excluding carboxylic acids is 7. The Morgan fingerprint density at radius 1 is 1.03 bits per heavy atom. The number of piperidine rings is 1. The number of phenols is 1. The molecule has 0 saturated carbocycles. The summed E-state index contributed by atoms with van der Waals surface area (Å²) in [6.45, 7) is 11.9. The van der Waals surface area contributed by atoms with Gasteiger partial charge in [-0.2, -0.15) is 10.4 Å². The number of carbonyl (C=O) groups is 7. The van der Waals surface area contributed by atoms with E-state index in [2.05, 4.69) is 36.0 Å². The molecule has 8 N–H and O–H groups in total. The summed E-state index contributed by atoms with van der Waals surface area (Å²) < 4.78 is 24.3. The zero-order chi connectivity index (χ0) is 53.5. The van der Waals surface area contributed by atoms with Gasteiger partial charge in [-0.25, -0.2) is 10.1 Å². The molecule has 0 aliphatic carbocycles. The van der Waals surface area contributed by atoms with Gasteiger partial charge in [-0.3, -0.25) is 53.9 Å². The summed E-state index contributed by atoms with van der Waals surface area (Å²) in [5.74, 6) is -0.647. The molecule has 1 aliphatic rings. The number of aromatic nitrogens is 1. The molecule has 6 atom stereocenters. The first-order valence-electron chi connectivity index (χ1n) is 24.2. The predicted octanol–water partition coefficient (Wildman–Crippen LogP) is 4.12.